The SMILES string of the molecule is Cc1ccc(Cl)cc1N([C@H](C)C(=O)N[C@@H](C)CCc1ccccc1)S(C)(=O)=O. The predicted molar refractivity (Wildman–Crippen MR) is 115 cm³/mol. The number of halogens is 1. The largest absolute Gasteiger partial charge is 0.352 e. The van der Waals surface area contributed by atoms with Crippen LogP contribution in [0.5, 0.6) is 0 Å². The van der Waals surface area contributed by atoms with Crippen LogP contribution in [-0.4, -0.2) is 32.7 Å². The molecule has 0 saturated carbocycles. The molecule has 152 valence electrons. The van der Waals surface area contributed by atoms with Crippen molar-refractivity contribution in [3.63, 3.8) is 0 Å². The van der Waals surface area contributed by atoms with E-state index >= 15 is 0 Å². The second-order valence-corrected chi connectivity index (χ2v) is 9.40. The van der Waals surface area contributed by atoms with Crippen molar-refractivity contribution in [1.29, 1.82) is 0 Å². The third-order valence-electron chi connectivity index (χ3n) is 4.59. The Balaban J connectivity index is 2.12. The summed E-state index contributed by atoms with van der Waals surface area (Å²) in [6.45, 7) is 5.29. The highest BCUT2D eigenvalue weighted by Crippen LogP contribution is 2.28. The molecule has 0 fully saturated rings. The minimum atomic E-state index is -3.68. The molecule has 7 heteroatoms. The highest BCUT2D eigenvalue weighted by atomic mass is 35.5. The Morgan fingerprint density at radius 1 is 1.14 bits per heavy atom. The summed E-state index contributed by atoms with van der Waals surface area (Å²) in [6.07, 6.45) is 2.69. The molecule has 0 saturated heterocycles. The summed E-state index contributed by atoms with van der Waals surface area (Å²) in [5, 5.41) is 3.34. The number of sulfonamides is 1. The van der Waals surface area contributed by atoms with Gasteiger partial charge in [-0.3, -0.25) is 9.10 Å². The number of hydrogen-bond acceptors (Lipinski definition) is 3. The zero-order valence-corrected chi connectivity index (χ0v) is 18.2. The van der Waals surface area contributed by atoms with E-state index in [-0.39, 0.29) is 11.9 Å². The first-order valence-corrected chi connectivity index (χ1v) is 11.4. The Kier molecular flexibility index (Phi) is 7.49. The molecule has 2 rings (SSSR count). The first-order valence-electron chi connectivity index (χ1n) is 9.19. The van der Waals surface area contributed by atoms with Crippen molar-refractivity contribution in [3.05, 3.63) is 64.7 Å². The van der Waals surface area contributed by atoms with Gasteiger partial charge in [-0.05, 0) is 56.9 Å². The van der Waals surface area contributed by atoms with E-state index in [1.165, 1.54) is 5.56 Å². The number of carbonyl (C=O) groups excluding carboxylic acids is 1. The number of amides is 1. The molecule has 0 bridgehead atoms. The summed E-state index contributed by atoms with van der Waals surface area (Å²) < 4.78 is 26.0. The number of rotatable bonds is 8. The molecule has 0 radical (unpaired) electrons. The number of benzene rings is 2. The van der Waals surface area contributed by atoms with Gasteiger partial charge in [-0.2, -0.15) is 0 Å². The van der Waals surface area contributed by atoms with E-state index in [0.29, 0.717) is 10.7 Å². The fraction of sp³-hybridized carbons (Fsp3) is 0.381. The maximum absolute atomic E-state index is 12.8. The van der Waals surface area contributed by atoms with Crippen molar-refractivity contribution in [2.24, 2.45) is 0 Å². The maximum Gasteiger partial charge on any atom is 0.243 e. The van der Waals surface area contributed by atoms with Crippen LogP contribution in [0.2, 0.25) is 5.02 Å². The highest BCUT2D eigenvalue weighted by molar-refractivity contribution is 7.92. The first kappa shape index (κ1) is 22.2. The van der Waals surface area contributed by atoms with Crippen LogP contribution in [0, 0.1) is 6.92 Å². The van der Waals surface area contributed by atoms with Crippen LogP contribution in [0.1, 0.15) is 31.4 Å². The Bertz CT molecular complexity index is 917. The molecule has 0 unspecified atom stereocenters. The number of carbonyl (C=O) groups is 1. The molecular weight excluding hydrogens is 396 g/mol. The van der Waals surface area contributed by atoms with Crippen molar-refractivity contribution < 1.29 is 13.2 Å². The molecule has 2 aromatic carbocycles. The van der Waals surface area contributed by atoms with Gasteiger partial charge in [-0.15, -0.1) is 0 Å². The number of aryl methyl sites for hydroxylation is 2. The van der Waals surface area contributed by atoms with Gasteiger partial charge in [-0.25, -0.2) is 8.42 Å². The molecule has 2 aromatic rings. The Morgan fingerprint density at radius 3 is 2.39 bits per heavy atom. The monoisotopic (exact) mass is 422 g/mol. The number of nitrogens with one attached hydrogen (secondary N) is 1. The fourth-order valence-corrected chi connectivity index (χ4v) is 4.45. The van der Waals surface area contributed by atoms with Gasteiger partial charge >= 0.3 is 0 Å². The molecular formula is C21H27ClN2O3S. The third kappa shape index (κ3) is 5.97. The quantitative estimate of drug-likeness (QED) is 0.700. The first-order chi connectivity index (χ1) is 13.1. The van der Waals surface area contributed by atoms with Crippen LogP contribution in [0.4, 0.5) is 5.69 Å². The summed E-state index contributed by atoms with van der Waals surface area (Å²) in [6, 6.07) is 14.0. The topological polar surface area (TPSA) is 66.5 Å². The van der Waals surface area contributed by atoms with Gasteiger partial charge in [0, 0.05) is 11.1 Å². The van der Waals surface area contributed by atoms with Gasteiger partial charge in [0.2, 0.25) is 15.9 Å². The van der Waals surface area contributed by atoms with Crippen molar-refractivity contribution in [2.45, 2.75) is 45.7 Å². The molecule has 0 aliphatic rings. The van der Waals surface area contributed by atoms with Gasteiger partial charge in [0.05, 0.1) is 11.9 Å². The number of hydrogen-bond donors (Lipinski definition) is 1. The zero-order chi connectivity index (χ0) is 20.9. The lowest BCUT2D eigenvalue weighted by Gasteiger charge is -2.30. The van der Waals surface area contributed by atoms with Gasteiger partial charge in [-0.1, -0.05) is 48.0 Å². The average molecular weight is 423 g/mol. The molecule has 0 aliphatic heterocycles. The lowest BCUT2D eigenvalue weighted by molar-refractivity contribution is -0.122. The normalized spacial score (nSPS) is 13.6. The van der Waals surface area contributed by atoms with Gasteiger partial charge < -0.3 is 5.32 Å². The molecule has 0 spiro atoms. The van der Waals surface area contributed by atoms with E-state index < -0.39 is 16.1 Å². The predicted octanol–water partition coefficient (Wildman–Crippen LogP) is 3.94. The average Bonchev–Trinajstić information content (AvgIpc) is 2.62. The van der Waals surface area contributed by atoms with E-state index in [4.69, 9.17) is 11.6 Å². The molecule has 0 aromatic heterocycles. The van der Waals surface area contributed by atoms with E-state index in [1.807, 2.05) is 37.3 Å². The van der Waals surface area contributed by atoms with Crippen LogP contribution < -0.4 is 9.62 Å². The molecule has 0 heterocycles. The van der Waals surface area contributed by atoms with Crippen LogP contribution in [0.15, 0.2) is 48.5 Å². The molecule has 1 N–H and O–H groups in total. The van der Waals surface area contributed by atoms with Gasteiger partial charge in [0.15, 0.2) is 0 Å². The lowest BCUT2D eigenvalue weighted by Crippen LogP contribution is -2.50. The highest BCUT2D eigenvalue weighted by Gasteiger charge is 2.30. The van der Waals surface area contributed by atoms with Gasteiger partial charge in [0.25, 0.3) is 0 Å². The molecule has 2 atom stereocenters. The van der Waals surface area contributed by atoms with E-state index in [9.17, 15) is 13.2 Å². The van der Waals surface area contributed by atoms with Crippen LogP contribution in [-0.2, 0) is 21.2 Å². The van der Waals surface area contributed by atoms with Crippen LogP contribution >= 0.6 is 11.6 Å². The van der Waals surface area contributed by atoms with Crippen molar-refractivity contribution >= 4 is 33.2 Å². The van der Waals surface area contributed by atoms with Crippen molar-refractivity contribution in [1.82, 2.24) is 5.32 Å². The summed E-state index contributed by atoms with van der Waals surface area (Å²) in [5.41, 5.74) is 2.34. The molecule has 0 aliphatic carbocycles. The van der Waals surface area contributed by atoms with Crippen molar-refractivity contribution in [2.75, 3.05) is 10.6 Å². The molecule has 5 nitrogen and oxygen atoms in total. The number of anilines is 1. The van der Waals surface area contributed by atoms with E-state index in [2.05, 4.69) is 5.32 Å². The summed E-state index contributed by atoms with van der Waals surface area (Å²) in [5.74, 6) is -0.342. The smallest absolute Gasteiger partial charge is 0.243 e. The minimum Gasteiger partial charge on any atom is -0.352 e. The third-order valence-corrected chi connectivity index (χ3v) is 6.06. The Labute approximate surface area is 172 Å². The molecule has 1 amide bonds. The standard InChI is InChI=1S/C21H27ClN2O3S/c1-15-10-13-19(22)14-20(15)24(28(4,26)27)17(3)21(25)23-16(2)11-12-18-8-6-5-7-9-18/h5-10,13-14,16-17H,11-12H2,1-4H3,(H,23,25)/t16-,17+/m0/s1. The minimum absolute atomic E-state index is 0.0861. The second-order valence-electron chi connectivity index (χ2n) is 7.10. The van der Waals surface area contributed by atoms with E-state index in [1.54, 1.807) is 32.0 Å². The zero-order valence-electron chi connectivity index (χ0n) is 16.6. The summed E-state index contributed by atoms with van der Waals surface area (Å²) in [7, 11) is -3.68. The fourth-order valence-electron chi connectivity index (χ4n) is 3.06. The lowest BCUT2D eigenvalue weighted by atomic mass is 10.1. The Hall–Kier alpha value is -2.05. The van der Waals surface area contributed by atoms with E-state index in [0.717, 1.165) is 29.0 Å². The molecule has 28 heavy (non-hydrogen) atoms. The maximum atomic E-state index is 12.8. The van der Waals surface area contributed by atoms with Crippen LogP contribution in [0.3, 0.4) is 0 Å². The summed E-state index contributed by atoms with van der Waals surface area (Å²) in [4.78, 5) is 12.8. The van der Waals surface area contributed by atoms with Crippen molar-refractivity contribution in [3.8, 4) is 0 Å². The second kappa shape index (κ2) is 9.43. The Morgan fingerprint density at radius 2 is 1.79 bits per heavy atom. The van der Waals surface area contributed by atoms with Gasteiger partial charge in [0.1, 0.15) is 6.04 Å². The van der Waals surface area contributed by atoms with Crippen LogP contribution in [0.25, 0.3) is 0 Å². The summed E-state index contributed by atoms with van der Waals surface area (Å²) >= 11 is 6.06. The number of nitrogens with zero attached hydrogens (tertiary/aromatic N) is 1.